The number of likely N-dealkylation sites (tertiary alicyclic amines) is 1. The lowest BCUT2D eigenvalue weighted by molar-refractivity contribution is -0.164. The molecule has 3 fully saturated rings. The van der Waals surface area contributed by atoms with Crippen molar-refractivity contribution in [3.05, 3.63) is 61.2 Å². The maximum atomic E-state index is 14.6. The number of aliphatic hydroxyl groups excluding tert-OH is 1. The van der Waals surface area contributed by atoms with Crippen LogP contribution in [0.1, 0.15) is 58.4 Å². The molecule has 40 heavy (non-hydrogen) atoms. The molecular weight excluding hydrogens is 508 g/mol. The molecular formula is C32H44N2O6. The minimum Gasteiger partial charge on any atom is -0.465 e. The van der Waals surface area contributed by atoms with Crippen molar-refractivity contribution in [3.8, 4) is 0 Å². The van der Waals surface area contributed by atoms with E-state index in [0.29, 0.717) is 38.6 Å². The Bertz CT molecular complexity index is 1110. The maximum Gasteiger partial charge on any atom is 0.312 e. The Morgan fingerprint density at radius 2 is 1.95 bits per heavy atom. The van der Waals surface area contributed by atoms with Gasteiger partial charge in [-0.2, -0.15) is 0 Å². The van der Waals surface area contributed by atoms with Gasteiger partial charge in [0.2, 0.25) is 11.8 Å². The molecule has 3 aliphatic heterocycles. The molecule has 1 spiro atoms. The number of fused-ring (bicyclic) bond motifs is 1. The van der Waals surface area contributed by atoms with Gasteiger partial charge in [-0.15, -0.1) is 13.2 Å². The monoisotopic (exact) mass is 552 g/mol. The third-order valence-corrected chi connectivity index (χ3v) is 9.40. The number of benzene rings is 1. The number of rotatable bonds is 14. The molecule has 0 aliphatic carbocycles. The largest absolute Gasteiger partial charge is 0.465 e. The van der Waals surface area contributed by atoms with Gasteiger partial charge in [-0.25, -0.2) is 0 Å². The average Bonchev–Trinajstić information content (AvgIpc) is 3.57. The van der Waals surface area contributed by atoms with E-state index < -0.39 is 41.1 Å². The normalized spacial score (nSPS) is 30.1. The molecule has 2 unspecified atom stereocenters. The Morgan fingerprint density at radius 3 is 2.55 bits per heavy atom. The molecule has 0 radical (unpaired) electrons. The van der Waals surface area contributed by atoms with Gasteiger partial charge in [-0.3, -0.25) is 14.4 Å². The summed E-state index contributed by atoms with van der Waals surface area (Å²) >= 11 is 0. The third kappa shape index (κ3) is 4.90. The van der Waals surface area contributed by atoms with Crippen LogP contribution in [0, 0.1) is 17.8 Å². The second-order valence-corrected chi connectivity index (χ2v) is 11.5. The Labute approximate surface area is 238 Å². The van der Waals surface area contributed by atoms with Gasteiger partial charge in [0.15, 0.2) is 0 Å². The summed E-state index contributed by atoms with van der Waals surface area (Å²) in [5, 5.41) is 10.6. The summed E-state index contributed by atoms with van der Waals surface area (Å²) in [5.41, 5.74) is -1.10. The fraction of sp³-hybridized carbons (Fsp3) is 0.594. The van der Waals surface area contributed by atoms with Gasteiger partial charge in [0.05, 0.1) is 30.8 Å². The smallest absolute Gasteiger partial charge is 0.312 e. The lowest BCUT2D eigenvalue weighted by atomic mass is 9.65. The van der Waals surface area contributed by atoms with Crippen LogP contribution in [0.25, 0.3) is 0 Å². The molecule has 0 aromatic heterocycles. The molecule has 3 heterocycles. The molecule has 2 amide bonds. The molecule has 218 valence electrons. The maximum absolute atomic E-state index is 14.6. The van der Waals surface area contributed by atoms with Crippen LogP contribution in [0.4, 0.5) is 0 Å². The highest BCUT2D eigenvalue weighted by Gasteiger charge is 2.79. The zero-order chi connectivity index (χ0) is 29.1. The highest BCUT2D eigenvalue weighted by atomic mass is 16.6. The minimum atomic E-state index is -1.18. The Morgan fingerprint density at radius 1 is 1.23 bits per heavy atom. The second kappa shape index (κ2) is 12.3. The molecule has 3 saturated heterocycles. The van der Waals surface area contributed by atoms with Gasteiger partial charge < -0.3 is 24.4 Å². The van der Waals surface area contributed by atoms with E-state index in [1.165, 1.54) is 0 Å². The average molecular weight is 553 g/mol. The zero-order valence-electron chi connectivity index (χ0n) is 24.1. The van der Waals surface area contributed by atoms with Gasteiger partial charge in [0, 0.05) is 13.1 Å². The molecule has 1 N–H and O–H groups in total. The van der Waals surface area contributed by atoms with Crippen LogP contribution in [0.5, 0.6) is 0 Å². The van der Waals surface area contributed by atoms with Gasteiger partial charge in [-0.05, 0) is 37.2 Å². The predicted molar refractivity (Wildman–Crippen MR) is 152 cm³/mol. The van der Waals surface area contributed by atoms with Gasteiger partial charge in [-0.1, -0.05) is 69.7 Å². The van der Waals surface area contributed by atoms with Crippen molar-refractivity contribution in [2.24, 2.45) is 17.8 Å². The number of hydrogen-bond acceptors (Lipinski definition) is 6. The van der Waals surface area contributed by atoms with Crippen LogP contribution in [0.2, 0.25) is 0 Å². The first-order valence-electron chi connectivity index (χ1n) is 14.6. The number of aliphatic hydroxyl groups is 1. The standard InChI is InChI=1S/C32H44N2O6/c1-6-10-19-39-30(38)26-25-28(36)34(24(21-35)22(5)8-3)27(32(25)17-16-31(26,9-4)40-32)29(37)33(18-7-2)20-23-14-12-11-13-15-23/h6-7,11-15,22,24-27,35H,1-2,8-10,16-21H2,3-5H3/t22-,24-,25-,26+,27?,31-,32?/m0/s1. The topological polar surface area (TPSA) is 96.4 Å². The lowest BCUT2D eigenvalue weighted by Gasteiger charge is -2.41. The number of nitrogens with zero attached hydrogens (tertiary/aromatic N) is 2. The van der Waals surface area contributed by atoms with Crippen LogP contribution < -0.4 is 0 Å². The minimum absolute atomic E-state index is 0.0724. The quantitative estimate of drug-likeness (QED) is 0.214. The molecule has 7 atom stereocenters. The summed E-state index contributed by atoms with van der Waals surface area (Å²) in [7, 11) is 0. The fourth-order valence-corrected chi connectivity index (χ4v) is 7.16. The lowest BCUT2D eigenvalue weighted by Crippen LogP contribution is -2.59. The van der Waals surface area contributed by atoms with Crippen molar-refractivity contribution >= 4 is 17.8 Å². The highest BCUT2D eigenvalue weighted by molar-refractivity contribution is 5.98. The Balaban J connectivity index is 1.81. The summed E-state index contributed by atoms with van der Waals surface area (Å²) in [5.74, 6) is -2.77. The van der Waals surface area contributed by atoms with Crippen LogP contribution in [0.15, 0.2) is 55.6 Å². The van der Waals surface area contributed by atoms with E-state index in [4.69, 9.17) is 9.47 Å². The summed E-state index contributed by atoms with van der Waals surface area (Å²) < 4.78 is 12.5. The van der Waals surface area contributed by atoms with E-state index in [-0.39, 0.29) is 37.5 Å². The molecule has 4 rings (SSSR count). The first kappa shape index (κ1) is 30.0. The number of hydrogen-bond donors (Lipinski definition) is 1. The molecule has 8 heteroatoms. The molecule has 8 nitrogen and oxygen atoms in total. The number of esters is 1. The number of ether oxygens (including phenoxy) is 2. The van der Waals surface area contributed by atoms with Crippen molar-refractivity contribution in [2.45, 2.75) is 82.7 Å². The van der Waals surface area contributed by atoms with Crippen molar-refractivity contribution in [2.75, 3.05) is 19.8 Å². The summed E-state index contributed by atoms with van der Waals surface area (Å²) in [6.07, 6.45) is 6.13. The van der Waals surface area contributed by atoms with E-state index in [2.05, 4.69) is 13.2 Å². The Hall–Kier alpha value is -2.97. The fourth-order valence-electron chi connectivity index (χ4n) is 7.16. The van der Waals surface area contributed by atoms with E-state index in [9.17, 15) is 19.5 Å². The molecule has 0 saturated carbocycles. The van der Waals surface area contributed by atoms with Crippen molar-refractivity contribution in [1.29, 1.82) is 0 Å². The molecule has 2 bridgehead atoms. The molecule has 1 aromatic carbocycles. The summed E-state index contributed by atoms with van der Waals surface area (Å²) in [4.78, 5) is 45.9. The Kier molecular flexibility index (Phi) is 9.20. The third-order valence-electron chi connectivity index (χ3n) is 9.40. The van der Waals surface area contributed by atoms with Gasteiger partial charge in [0.25, 0.3) is 0 Å². The first-order chi connectivity index (χ1) is 19.2. The first-order valence-corrected chi connectivity index (χ1v) is 14.6. The SMILES string of the molecule is C=CCCOC(=O)[C@H]1[C@H]2C(=O)N([C@@H](CO)[C@@H](C)CC)C(C(=O)N(CC=C)Cc3ccccc3)C23CC[C@]1(CC)O3. The van der Waals surface area contributed by atoms with Crippen molar-refractivity contribution < 1.29 is 29.0 Å². The van der Waals surface area contributed by atoms with Crippen LogP contribution in [-0.4, -0.2) is 75.7 Å². The van der Waals surface area contributed by atoms with Crippen molar-refractivity contribution in [3.63, 3.8) is 0 Å². The predicted octanol–water partition coefficient (Wildman–Crippen LogP) is 3.88. The second-order valence-electron chi connectivity index (χ2n) is 11.5. The van der Waals surface area contributed by atoms with Crippen LogP contribution in [0.3, 0.4) is 0 Å². The van der Waals surface area contributed by atoms with Crippen LogP contribution >= 0.6 is 0 Å². The zero-order valence-corrected chi connectivity index (χ0v) is 24.1. The van der Waals surface area contributed by atoms with Gasteiger partial charge in [0.1, 0.15) is 17.6 Å². The van der Waals surface area contributed by atoms with Crippen LogP contribution in [-0.2, 0) is 30.4 Å². The summed E-state index contributed by atoms with van der Waals surface area (Å²) in [6.45, 7) is 14.0. The number of amides is 2. The highest BCUT2D eigenvalue weighted by Crippen LogP contribution is 2.65. The molecule has 1 aromatic rings. The van der Waals surface area contributed by atoms with E-state index in [1.807, 2.05) is 51.1 Å². The van der Waals surface area contributed by atoms with E-state index in [0.717, 1.165) is 5.56 Å². The number of carbonyl (C=O) groups excluding carboxylic acids is 3. The van der Waals surface area contributed by atoms with E-state index in [1.54, 1.807) is 22.0 Å². The van der Waals surface area contributed by atoms with Crippen molar-refractivity contribution in [1.82, 2.24) is 9.80 Å². The summed E-state index contributed by atoms with van der Waals surface area (Å²) in [6, 6.07) is 8.11. The van der Waals surface area contributed by atoms with Gasteiger partial charge >= 0.3 is 5.97 Å². The molecule has 3 aliphatic rings. The van der Waals surface area contributed by atoms with E-state index >= 15 is 0 Å². The number of carbonyl (C=O) groups is 3.